The normalized spacial score (nSPS) is 17.6. The summed E-state index contributed by atoms with van der Waals surface area (Å²) in [5.74, 6) is 0.795. The van der Waals surface area contributed by atoms with Crippen molar-refractivity contribution >= 4 is 23.0 Å². The first-order valence-corrected chi connectivity index (χ1v) is 11.7. The van der Waals surface area contributed by atoms with Crippen molar-refractivity contribution in [1.29, 1.82) is 0 Å². The van der Waals surface area contributed by atoms with E-state index in [4.69, 9.17) is 17.0 Å². The summed E-state index contributed by atoms with van der Waals surface area (Å²) in [6.45, 7) is 5.13. The maximum atomic E-state index is 5.88. The average molecular weight is 470 g/mol. The molecule has 0 radical (unpaired) electrons. The fraction of sp³-hybridized carbons (Fsp3) is 0.222. The van der Waals surface area contributed by atoms with E-state index in [0.717, 1.165) is 23.7 Å². The standard InChI is InChI=1S/C27H27N5OS/c1-18-15-23(19(2)31(18)17-20-10-13-28-14-11-20)26-25(24-9-4-5-12-29-24)30-27(34)32(26)21-7-6-8-22(16-21)33-3/h4-16,25-26H,17H2,1-3H3,(H,30,34)/t25-,26-/m1/s1. The van der Waals surface area contributed by atoms with Crippen molar-refractivity contribution in [2.75, 3.05) is 12.0 Å². The van der Waals surface area contributed by atoms with E-state index < -0.39 is 0 Å². The van der Waals surface area contributed by atoms with Crippen LogP contribution in [0.1, 0.15) is 40.3 Å². The van der Waals surface area contributed by atoms with E-state index in [1.165, 1.54) is 22.5 Å². The smallest absolute Gasteiger partial charge is 0.174 e. The highest BCUT2D eigenvalue weighted by Crippen LogP contribution is 2.43. The van der Waals surface area contributed by atoms with Gasteiger partial charge in [-0.1, -0.05) is 12.1 Å². The lowest BCUT2D eigenvalue weighted by molar-refractivity contribution is 0.415. The largest absolute Gasteiger partial charge is 0.497 e. The molecule has 2 atom stereocenters. The molecule has 172 valence electrons. The summed E-state index contributed by atoms with van der Waals surface area (Å²) < 4.78 is 7.86. The number of aryl methyl sites for hydroxylation is 1. The maximum Gasteiger partial charge on any atom is 0.174 e. The van der Waals surface area contributed by atoms with Crippen LogP contribution in [0.25, 0.3) is 0 Å². The molecule has 0 spiro atoms. The molecule has 3 aromatic heterocycles. The molecule has 6 nitrogen and oxygen atoms in total. The van der Waals surface area contributed by atoms with Gasteiger partial charge in [-0.05, 0) is 79.7 Å². The molecule has 1 aliphatic heterocycles. The monoisotopic (exact) mass is 469 g/mol. The molecule has 1 saturated heterocycles. The Morgan fingerprint density at radius 3 is 2.56 bits per heavy atom. The highest BCUT2D eigenvalue weighted by molar-refractivity contribution is 7.80. The summed E-state index contributed by atoms with van der Waals surface area (Å²) in [4.78, 5) is 11.0. The number of rotatable bonds is 6. The first kappa shape index (κ1) is 22.1. The van der Waals surface area contributed by atoms with Gasteiger partial charge in [-0.2, -0.15) is 0 Å². The first-order chi connectivity index (χ1) is 16.6. The average Bonchev–Trinajstić information content (AvgIpc) is 3.36. The number of hydrogen-bond donors (Lipinski definition) is 1. The minimum absolute atomic E-state index is 0.0631. The number of aromatic nitrogens is 3. The number of hydrogen-bond acceptors (Lipinski definition) is 4. The first-order valence-electron chi connectivity index (χ1n) is 11.3. The van der Waals surface area contributed by atoms with Crippen LogP contribution in [0.3, 0.4) is 0 Å². The molecule has 4 aromatic rings. The van der Waals surface area contributed by atoms with E-state index in [2.05, 4.69) is 68.9 Å². The van der Waals surface area contributed by atoms with Crippen LogP contribution in [0.2, 0.25) is 0 Å². The van der Waals surface area contributed by atoms with Gasteiger partial charge in [-0.25, -0.2) is 0 Å². The van der Waals surface area contributed by atoms with E-state index in [1.54, 1.807) is 7.11 Å². The van der Waals surface area contributed by atoms with E-state index in [0.29, 0.717) is 5.11 Å². The summed E-state index contributed by atoms with van der Waals surface area (Å²) in [6, 6.07) is 20.3. The topological polar surface area (TPSA) is 55.2 Å². The van der Waals surface area contributed by atoms with Gasteiger partial charge in [0.05, 0.1) is 24.9 Å². The Kier molecular flexibility index (Phi) is 6.02. The molecular weight excluding hydrogens is 442 g/mol. The third kappa shape index (κ3) is 4.03. The van der Waals surface area contributed by atoms with Gasteiger partial charge in [0.2, 0.25) is 0 Å². The Morgan fingerprint density at radius 1 is 1.00 bits per heavy atom. The van der Waals surface area contributed by atoms with Crippen molar-refractivity contribution in [2.24, 2.45) is 0 Å². The molecule has 7 heteroatoms. The Hall–Kier alpha value is -3.71. The molecule has 0 aliphatic carbocycles. The molecule has 1 aromatic carbocycles. The number of ether oxygens (including phenoxy) is 1. The van der Waals surface area contributed by atoms with Crippen LogP contribution in [-0.2, 0) is 6.54 Å². The van der Waals surface area contributed by atoms with Crippen LogP contribution in [0.5, 0.6) is 5.75 Å². The van der Waals surface area contributed by atoms with Crippen LogP contribution >= 0.6 is 12.2 Å². The predicted molar refractivity (Wildman–Crippen MR) is 138 cm³/mol. The van der Waals surface area contributed by atoms with Crippen LogP contribution < -0.4 is 15.0 Å². The molecule has 5 rings (SSSR count). The molecule has 0 amide bonds. The second-order valence-electron chi connectivity index (χ2n) is 8.47. The van der Waals surface area contributed by atoms with Crippen LogP contribution in [-0.4, -0.2) is 26.8 Å². The van der Waals surface area contributed by atoms with Crippen molar-refractivity contribution in [1.82, 2.24) is 19.9 Å². The Bertz CT molecular complexity index is 1310. The van der Waals surface area contributed by atoms with Crippen molar-refractivity contribution in [2.45, 2.75) is 32.5 Å². The predicted octanol–water partition coefficient (Wildman–Crippen LogP) is 5.13. The van der Waals surface area contributed by atoms with Crippen molar-refractivity contribution in [3.8, 4) is 5.75 Å². The summed E-state index contributed by atoms with van der Waals surface area (Å²) >= 11 is 5.88. The lowest BCUT2D eigenvalue weighted by Crippen LogP contribution is -2.29. The quantitative estimate of drug-likeness (QED) is 0.395. The molecular formula is C27H27N5OS. The zero-order chi connectivity index (χ0) is 23.7. The second-order valence-corrected chi connectivity index (χ2v) is 8.85. The highest BCUT2D eigenvalue weighted by Gasteiger charge is 2.42. The van der Waals surface area contributed by atoms with Crippen LogP contribution in [0, 0.1) is 13.8 Å². The minimum atomic E-state index is -0.0882. The highest BCUT2D eigenvalue weighted by atomic mass is 32.1. The molecule has 0 unspecified atom stereocenters. The SMILES string of the molecule is COc1cccc(N2C(=S)N[C@H](c3ccccn3)[C@H]2c2cc(C)n(Cc3ccncc3)c2C)c1. The fourth-order valence-corrected chi connectivity index (χ4v) is 5.10. The summed E-state index contributed by atoms with van der Waals surface area (Å²) in [7, 11) is 1.68. The number of nitrogens with one attached hydrogen (secondary N) is 1. The van der Waals surface area contributed by atoms with Gasteiger partial charge in [0.1, 0.15) is 5.75 Å². The summed E-state index contributed by atoms with van der Waals surface area (Å²) in [6.07, 6.45) is 5.51. The number of benzene rings is 1. The van der Waals surface area contributed by atoms with Gasteiger partial charge in [-0.15, -0.1) is 0 Å². The lowest BCUT2D eigenvalue weighted by Gasteiger charge is -2.28. The van der Waals surface area contributed by atoms with Gasteiger partial charge in [0.15, 0.2) is 5.11 Å². The van der Waals surface area contributed by atoms with E-state index in [9.17, 15) is 0 Å². The Morgan fingerprint density at radius 2 is 1.82 bits per heavy atom. The number of nitrogens with zero attached hydrogens (tertiary/aromatic N) is 4. The number of anilines is 1. The van der Waals surface area contributed by atoms with Gasteiger partial charge in [-0.3, -0.25) is 9.97 Å². The molecule has 1 aliphatic rings. The third-order valence-corrected chi connectivity index (χ3v) is 6.77. The molecule has 0 saturated carbocycles. The number of methoxy groups -OCH3 is 1. The van der Waals surface area contributed by atoms with E-state index in [1.807, 2.05) is 48.9 Å². The summed E-state index contributed by atoms with van der Waals surface area (Å²) in [5.41, 5.74) is 6.79. The Labute approximate surface area is 205 Å². The molecule has 1 N–H and O–H groups in total. The molecule has 34 heavy (non-hydrogen) atoms. The van der Waals surface area contributed by atoms with E-state index >= 15 is 0 Å². The fourth-order valence-electron chi connectivity index (χ4n) is 4.75. The lowest BCUT2D eigenvalue weighted by atomic mass is 9.96. The zero-order valence-corrected chi connectivity index (χ0v) is 20.3. The van der Waals surface area contributed by atoms with Gasteiger partial charge in [0, 0.05) is 48.3 Å². The maximum absolute atomic E-state index is 5.88. The van der Waals surface area contributed by atoms with Crippen LogP contribution in [0.15, 0.2) is 79.3 Å². The number of pyridine rings is 2. The second kappa shape index (κ2) is 9.27. The third-order valence-electron chi connectivity index (χ3n) is 6.45. The molecule has 0 bridgehead atoms. The molecule has 4 heterocycles. The van der Waals surface area contributed by atoms with Crippen molar-refractivity contribution in [3.63, 3.8) is 0 Å². The van der Waals surface area contributed by atoms with Crippen LogP contribution in [0.4, 0.5) is 5.69 Å². The van der Waals surface area contributed by atoms with Crippen molar-refractivity contribution < 1.29 is 4.74 Å². The van der Waals surface area contributed by atoms with Gasteiger partial charge in [0.25, 0.3) is 0 Å². The van der Waals surface area contributed by atoms with Gasteiger partial charge >= 0.3 is 0 Å². The molecule has 1 fully saturated rings. The number of thiocarbonyl (C=S) groups is 1. The van der Waals surface area contributed by atoms with E-state index in [-0.39, 0.29) is 12.1 Å². The van der Waals surface area contributed by atoms with Crippen molar-refractivity contribution in [3.05, 3.63) is 107 Å². The van der Waals surface area contributed by atoms with Gasteiger partial charge < -0.3 is 19.5 Å². The summed E-state index contributed by atoms with van der Waals surface area (Å²) in [5, 5.41) is 4.22. The minimum Gasteiger partial charge on any atom is -0.497 e. The zero-order valence-electron chi connectivity index (χ0n) is 19.5. The Balaban J connectivity index is 1.62.